The molecule has 3 rings (SSSR count). The molecule has 164 valence electrons. The van der Waals surface area contributed by atoms with E-state index in [4.69, 9.17) is 0 Å². The van der Waals surface area contributed by atoms with Gasteiger partial charge in [-0.1, -0.05) is 36.4 Å². The van der Waals surface area contributed by atoms with Gasteiger partial charge in [0.25, 0.3) is 0 Å². The Morgan fingerprint density at radius 1 is 1.06 bits per heavy atom. The highest BCUT2D eigenvalue weighted by molar-refractivity contribution is 7.90. The molecule has 1 aromatic heterocycles. The Morgan fingerprint density at radius 2 is 1.77 bits per heavy atom. The molecule has 7 nitrogen and oxygen atoms in total. The van der Waals surface area contributed by atoms with Crippen molar-refractivity contribution in [3.8, 4) is 0 Å². The lowest BCUT2D eigenvalue weighted by atomic mass is 10.1. The van der Waals surface area contributed by atoms with Crippen LogP contribution in [0.4, 0.5) is 0 Å². The van der Waals surface area contributed by atoms with Crippen molar-refractivity contribution >= 4 is 15.8 Å². The number of hydrogen-bond acceptors (Lipinski definition) is 4. The predicted molar refractivity (Wildman–Crippen MR) is 124 cm³/mol. The summed E-state index contributed by atoms with van der Waals surface area (Å²) in [5, 5.41) is 6.60. The highest BCUT2D eigenvalue weighted by atomic mass is 32.2. The molecule has 0 fully saturated rings. The fraction of sp³-hybridized carbons (Fsp3) is 0.304. The summed E-state index contributed by atoms with van der Waals surface area (Å²) in [6, 6.07) is 13.8. The highest BCUT2D eigenvalue weighted by Gasteiger charge is 2.10. The molecule has 3 aromatic rings. The van der Waals surface area contributed by atoms with Crippen molar-refractivity contribution in [1.82, 2.24) is 20.2 Å². The minimum absolute atomic E-state index is 0.363. The second-order valence-corrected chi connectivity index (χ2v) is 9.46. The summed E-state index contributed by atoms with van der Waals surface area (Å²) in [5.41, 5.74) is 4.08. The molecule has 0 atom stereocenters. The number of nitrogens with zero attached hydrogens (tertiary/aromatic N) is 3. The van der Waals surface area contributed by atoms with Crippen molar-refractivity contribution in [3.63, 3.8) is 0 Å². The summed E-state index contributed by atoms with van der Waals surface area (Å²) in [4.78, 5) is 9.06. The summed E-state index contributed by atoms with van der Waals surface area (Å²) in [5.74, 6) is 0.717. The molecule has 0 unspecified atom stereocenters. The number of sulfone groups is 1. The first kappa shape index (κ1) is 22.6. The van der Waals surface area contributed by atoms with E-state index in [-0.39, 0.29) is 0 Å². The minimum atomic E-state index is -3.21. The number of nitrogens with one attached hydrogen (secondary N) is 2. The first-order chi connectivity index (χ1) is 14.8. The lowest BCUT2D eigenvalue weighted by molar-refractivity contribution is 0.601. The molecule has 31 heavy (non-hydrogen) atoms. The van der Waals surface area contributed by atoms with Gasteiger partial charge in [-0.05, 0) is 42.2 Å². The maximum atomic E-state index is 11.8. The van der Waals surface area contributed by atoms with E-state index in [1.54, 1.807) is 12.3 Å². The van der Waals surface area contributed by atoms with Crippen molar-refractivity contribution < 1.29 is 8.42 Å². The highest BCUT2D eigenvalue weighted by Crippen LogP contribution is 2.17. The molecule has 1 heterocycles. The van der Waals surface area contributed by atoms with Crippen molar-refractivity contribution in [1.29, 1.82) is 0 Å². The normalized spacial score (nSPS) is 12.0. The van der Waals surface area contributed by atoms with Crippen LogP contribution < -0.4 is 10.6 Å². The Balaban J connectivity index is 1.60. The third-order valence-electron chi connectivity index (χ3n) is 4.81. The van der Waals surface area contributed by atoms with Gasteiger partial charge in [-0.3, -0.25) is 0 Å². The van der Waals surface area contributed by atoms with E-state index in [0.717, 1.165) is 35.7 Å². The Bertz CT molecular complexity index is 1120. The van der Waals surface area contributed by atoms with Crippen LogP contribution in [0, 0.1) is 6.92 Å². The zero-order valence-corrected chi connectivity index (χ0v) is 19.0. The van der Waals surface area contributed by atoms with Crippen LogP contribution in [0.5, 0.6) is 0 Å². The molecular formula is C23H29N5O2S. The quantitative estimate of drug-likeness (QED) is 0.416. The van der Waals surface area contributed by atoms with Crippen LogP contribution in [0.15, 0.2) is 71.1 Å². The zero-order chi connectivity index (χ0) is 22.3. The number of aryl methyl sites for hydroxylation is 1. The molecule has 0 aliphatic carbocycles. The molecule has 0 radical (unpaired) electrons. The third-order valence-corrected chi connectivity index (χ3v) is 6.07. The average molecular weight is 440 g/mol. The second-order valence-electron chi connectivity index (χ2n) is 7.47. The Morgan fingerprint density at radius 3 is 2.39 bits per heavy atom. The van der Waals surface area contributed by atoms with Crippen molar-refractivity contribution in [2.75, 3.05) is 12.8 Å². The molecular weight excluding hydrogens is 410 g/mol. The van der Waals surface area contributed by atoms with Gasteiger partial charge >= 0.3 is 0 Å². The number of aromatic nitrogens is 2. The zero-order valence-electron chi connectivity index (χ0n) is 18.2. The minimum Gasteiger partial charge on any atom is -0.357 e. The van der Waals surface area contributed by atoms with E-state index in [1.807, 2.05) is 43.1 Å². The van der Waals surface area contributed by atoms with Gasteiger partial charge in [0.15, 0.2) is 15.8 Å². The van der Waals surface area contributed by atoms with E-state index >= 15 is 0 Å². The summed E-state index contributed by atoms with van der Waals surface area (Å²) in [6.07, 6.45) is 6.77. The molecule has 2 N–H and O–H groups in total. The SMILES string of the molecule is CCNC(=NCc1ccc(S(C)(=O)=O)c(C)c1)NCc1ccc(Cn2ccnc2)cc1. The van der Waals surface area contributed by atoms with Gasteiger partial charge in [0, 0.05) is 38.3 Å². The van der Waals surface area contributed by atoms with Crippen LogP contribution in [-0.4, -0.2) is 36.7 Å². The molecule has 0 aliphatic rings. The van der Waals surface area contributed by atoms with Gasteiger partial charge in [0.05, 0.1) is 17.8 Å². The lowest BCUT2D eigenvalue weighted by Gasteiger charge is -2.12. The first-order valence-corrected chi connectivity index (χ1v) is 12.1. The van der Waals surface area contributed by atoms with E-state index < -0.39 is 9.84 Å². The molecule has 0 spiro atoms. The second kappa shape index (κ2) is 10.3. The van der Waals surface area contributed by atoms with Crippen molar-refractivity contribution in [2.24, 2.45) is 4.99 Å². The number of benzene rings is 2. The number of guanidine groups is 1. The first-order valence-electron chi connectivity index (χ1n) is 10.2. The molecule has 8 heteroatoms. The van der Waals surface area contributed by atoms with E-state index in [9.17, 15) is 8.42 Å². The maximum absolute atomic E-state index is 11.8. The largest absolute Gasteiger partial charge is 0.357 e. The molecule has 0 amide bonds. The van der Waals surface area contributed by atoms with Crippen LogP contribution in [0.25, 0.3) is 0 Å². The molecule has 0 bridgehead atoms. The summed E-state index contributed by atoms with van der Waals surface area (Å²) < 4.78 is 25.6. The topological polar surface area (TPSA) is 88.4 Å². The van der Waals surface area contributed by atoms with Crippen LogP contribution in [-0.2, 0) is 29.5 Å². The molecule has 0 aliphatic heterocycles. The predicted octanol–water partition coefficient (Wildman–Crippen LogP) is 2.90. The van der Waals surface area contributed by atoms with Crippen LogP contribution in [0.3, 0.4) is 0 Å². The van der Waals surface area contributed by atoms with Gasteiger partial charge in [-0.2, -0.15) is 0 Å². The maximum Gasteiger partial charge on any atom is 0.191 e. The average Bonchev–Trinajstić information content (AvgIpc) is 3.23. The fourth-order valence-corrected chi connectivity index (χ4v) is 4.24. The van der Waals surface area contributed by atoms with Crippen LogP contribution >= 0.6 is 0 Å². The van der Waals surface area contributed by atoms with Gasteiger partial charge in [0.2, 0.25) is 0 Å². The van der Waals surface area contributed by atoms with Gasteiger partial charge < -0.3 is 15.2 Å². The number of rotatable bonds is 8. The molecule has 0 saturated carbocycles. The molecule has 2 aromatic carbocycles. The van der Waals surface area contributed by atoms with E-state index in [1.165, 1.54) is 11.8 Å². The number of aliphatic imine (C=N–C) groups is 1. The van der Waals surface area contributed by atoms with Gasteiger partial charge in [0.1, 0.15) is 0 Å². The number of hydrogen-bond donors (Lipinski definition) is 2. The van der Waals surface area contributed by atoms with E-state index in [0.29, 0.717) is 18.0 Å². The lowest BCUT2D eigenvalue weighted by Crippen LogP contribution is -2.36. The van der Waals surface area contributed by atoms with Crippen molar-refractivity contribution in [3.05, 3.63) is 83.4 Å². The standard InChI is InChI=1S/C23H29N5O2S/c1-4-25-23(27-15-21-9-10-22(18(2)13-21)31(3,29)30)26-14-19-5-7-20(8-6-19)16-28-12-11-24-17-28/h5-13,17H,4,14-16H2,1-3H3,(H2,25,26,27). The van der Waals surface area contributed by atoms with Crippen LogP contribution in [0.2, 0.25) is 0 Å². The monoisotopic (exact) mass is 439 g/mol. The van der Waals surface area contributed by atoms with Gasteiger partial charge in [-0.25, -0.2) is 18.4 Å². The summed E-state index contributed by atoms with van der Waals surface area (Å²) in [6.45, 7) is 6.50. The van der Waals surface area contributed by atoms with Crippen molar-refractivity contribution in [2.45, 2.75) is 38.4 Å². The Labute approximate surface area is 184 Å². The van der Waals surface area contributed by atoms with E-state index in [2.05, 4.69) is 44.9 Å². The molecule has 0 saturated heterocycles. The third kappa shape index (κ3) is 6.68. The number of imidazole rings is 1. The Hall–Kier alpha value is -3.13. The smallest absolute Gasteiger partial charge is 0.191 e. The van der Waals surface area contributed by atoms with Crippen LogP contribution in [0.1, 0.15) is 29.2 Å². The summed E-state index contributed by atoms with van der Waals surface area (Å²) >= 11 is 0. The summed E-state index contributed by atoms with van der Waals surface area (Å²) in [7, 11) is -3.21. The van der Waals surface area contributed by atoms with Gasteiger partial charge in [-0.15, -0.1) is 0 Å². The fourth-order valence-electron chi connectivity index (χ4n) is 3.28. The Kier molecular flexibility index (Phi) is 7.46.